The first-order chi connectivity index (χ1) is 28.5. The molecule has 8 rings (SSSR count). The zero-order valence-corrected chi connectivity index (χ0v) is 34.0. The van der Waals surface area contributed by atoms with Crippen molar-refractivity contribution in [3.63, 3.8) is 0 Å². The molecule has 2 saturated carbocycles. The van der Waals surface area contributed by atoms with Crippen molar-refractivity contribution >= 4 is 69.3 Å². The van der Waals surface area contributed by atoms with Gasteiger partial charge in [0.15, 0.2) is 22.3 Å². The van der Waals surface area contributed by atoms with Crippen LogP contribution in [0.4, 0.5) is 0 Å². The van der Waals surface area contributed by atoms with E-state index in [9.17, 15) is 24.3 Å². The highest BCUT2D eigenvalue weighted by atomic mass is 32.1. The average molecular weight is 836 g/mol. The summed E-state index contributed by atoms with van der Waals surface area (Å²) in [6.07, 6.45) is 3.62. The molecule has 2 aliphatic carbocycles. The summed E-state index contributed by atoms with van der Waals surface area (Å²) in [5.74, 6) is -0.813. The lowest BCUT2D eigenvalue weighted by molar-refractivity contribution is -0.145. The van der Waals surface area contributed by atoms with Gasteiger partial charge < -0.3 is 32.7 Å². The smallest absolute Gasteiger partial charge is 0.314 e. The minimum Gasteiger partial charge on any atom is -0.508 e. The van der Waals surface area contributed by atoms with Crippen molar-refractivity contribution in [2.75, 3.05) is 0 Å². The normalized spacial score (nSPS) is 19.2. The summed E-state index contributed by atoms with van der Waals surface area (Å²) in [6, 6.07) is 21.7. The molecule has 1 N–H and O–H groups in total. The number of thiazole rings is 1. The number of nitrogens with zero attached hydrogens (tertiary/aromatic N) is 1. The number of rotatable bonds is 10. The Morgan fingerprint density at radius 2 is 1.12 bits per heavy atom. The number of hydrogen-bond acceptors (Lipinski definition) is 14. The second-order valence-electron chi connectivity index (χ2n) is 15.2. The molecule has 0 saturated heterocycles. The number of thiol groups is 1. The van der Waals surface area contributed by atoms with Gasteiger partial charge in [0, 0.05) is 18.3 Å². The number of benzene rings is 4. The van der Waals surface area contributed by atoms with Crippen LogP contribution in [0.1, 0.15) is 62.5 Å². The number of fused-ring (bicyclic) bond motifs is 2. The second-order valence-corrected chi connectivity index (χ2v) is 16.4. The summed E-state index contributed by atoms with van der Waals surface area (Å²) < 4.78 is 34.8. The highest BCUT2D eigenvalue weighted by molar-refractivity contribution is 7.75. The molecule has 59 heavy (non-hydrogen) atoms. The SMILES string of the molecule is Cc1cc(C)c2cc(-c3nc4c(OC(=O)C5CCC(C(=O)Oc6ccc(O)cc6)CC5)ccc(OC(=O)C5CCC(C(=O)Oc6ccc(OS)cc6)CC5)c4s3)oc2c1. The van der Waals surface area contributed by atoms with Gasteiger partial charge in [0.05, 0.1) is 23.7 Å². The Labute approximate surface area is 349 Å². The molecular weight excluding hydrogens is 795 g/mol. The van der Waals surface area contributed by atoms with Crippen LogP contribution in [0.2, 0.25) is 0 Å². The summed E-state index contributed by atoms with van der Waals surface area (Å²) in [7, 11) is 0. The van der Waals surface area contributed by atoms with Crippen LogP contribution in [0.5, 0.6) is 34.5 Å². The Morgan fingerprint density at radius 1 is 0.644 bits per heavy atom. The third-order valence-electron chi connectivity index (χ3n) is 11.1. The van der Waals surface area contributed by atoms with Crippen molar-refractivity contribution in [2.45, 2.75) is 65.2 Å². The lowest BCUT2D eigenvalue weighted by Gasteiger charge is -2.26. The van der Waals surface area contributed by atoms with Crippen molar-refractivity contribution in [2.24, 2.45) is 23.7 Å². The van der Waals surface area contributed by atoms with Crippen molar-refractivity contribution in [1.29, 1.82) is 0 Å². The molecule has 0 bridgehead atoms. The average Bonchev–Trinajstić information content (AvgIpc) is 3.89. The van der Waals surface area contributed by atoms with Crippen LogP contribution in [-0.2, 0) is 19.2 Å². The van der Waals surface area contributed by atoms with Gasteiger partial charge in [-0.05, 0) is 149 Å². The molecule has 4 aromatic carbocycles. The molecule has 12 nitrogen and oxygen atoms in total. The molecule has 0 atom stereocenters. The molecule has 2 aromatic heterocycles. The van der Waals surface area contributed by atoms with Crippen LogP contribution < -0.4 is 23.1 Å². The van der Waals surface area contributed by atoms with E-state index in [1.807, 2.05) is 26.0 Å². The number of aryl methyl sites for hydroxylation is 2. The Kier molecular flexibility index (Phi) is 11.6. The fraction of sp³-hybridized carbons (Fsp3) is 0.311. The zero-order chi connectivity index (χ0) is 41.2. The quantitative estimate of drug-likeness (QED) is 0.0583. The third kappa shape index (κ3) is 8.93. The second kappa shape index (κ2) is 17.2. The number of aromatic hydroxyl groups is 1. The number of hydrogen-bond donors (Lipinski definition) is 2. The molecule has 2 aliphatic rings. The largest absolute Gasteiger partial charge is 0.508 e. The highest BCUT2D eigenvalue weighted by Crippen LogP contribution is 2.44. The number of carbonyl (C=O) groups is 4. The topological polar surface area (TPSA) is 161 Å². The number of esters is 4. The van der Waals surface area contributed by atoms with E-state index in [1.54, 1.807) is 36.4 Å². The Balaban J connectivity index is 0.967. The highest BCUT2D eigenvalue weighted by Gasteiger charge is 2.35. The number of phenols is 1. The van der Waals surface area contributed by atoms with E-state index < -0.39 is 23.8 Å². The van der Waals surface area contributed by atoms with Crippen LogP contribution in [0.3, 0.4) is 0 Å². The fourth-order valence-electron chi connectivity index (χ4n) is 7.82. The van der Waals surface area contributed by atoms with Crippen molar-refractivity contribution < 1.29 is 51.8 Å². The van der Waals surface area contributed by atoms with Crippen molar-refractivity contribution in [3.05, 3.63) is 90.0 Å². The standard InChI is InChI=1S/C45H41NO11S2/c1-24-21-25(2)34-23-38(54-37(34)22-24)41-46-39-35(55-44(50)28-7-3-26(4-8-28)42(48)52-31-13-11-30(47)12-14-31)19-20-36(40(39)59-41)56-45(51)29-9-5-27(6-10-29)43(49)53-32-15-17-33(57-58)18-16-32/h11-23,26-29,47,58H,3-10H2,1-2H3. The van der Waals surface area contributed by atoms with Crippen LogP contribution in [-0.4, -0.2) is 34.0 Å². The molecule has 14 heteroatoms. The first kappa shape index (κ1) is 39.9. The predicted octanol–water partition coefficient (Wildman–Crippen LogP) is 9.89. The number of aromatic nitrogens is 1. The number of furan rings is 1. The zero-order valence-electron chi connectivity index (χ0n) is 32.3. The Bertz CT molecular complexity index is 2530. The predicted molar refractivity (Wildman–Crippen MR) is 222 cm³/mol. The molecule has 0 aliphatic heterocycles. The lowest BCUT2D eigenvalue weighted by atomic mass is 9.82. The van der Waals surface area contributed by atoms with E-state index in [0.29, 0.717) is 89.6 Å². The van der Waals surface area contributed by atoms with Crippen LogP contribution in [0.15, 0.2) is 83.3 Å². The van der Waals surface area contributed by atoms with Gasteiger partial charge in [-0.25, -0.2) is 4.98 Å². The Hall–Kier alpha value is -5.86. The maximum absolute atomic E-state index is 13.6. The third-order valence-corrected chi connectivity index (χ3v) is 12.4. The van der Waals surface area contributed by atoms with Gasteiger partial charge in [-0.15, -0.1) is 11.3 Å². The van der Waals surface area contributed by atoms with Gasteiger partial charge >= 0.3 is 23.9 Å². The van der Waals surface area contributed by atoms with E-state index in [2.05, 4.69) is 19.0 Å². The molecule has 6 aromatic rings. The van der Waals surface area contributed by atoms with Gasteiger partial charge in [-0.2, -0.15) is 0 Å². The van der Waals surface area contributed by atoms with Crippen molar-refractivity contribution in [1.82, 2.24) is 4.98 Å². The Morgan fingerprint density at radius 3 is 1.66 bits per heavy atom. The molecule has 0 radical (unpaired) electrons. The molecule has 0 unspecified atom stereocenters. The van der Waals surface area contributed by atoms with E-state index >= 15 is 0 Å². The van der Waals surface area contributed by atoms with Crippen LogP contribution in [0, 0.1) is 37.5 Å². The molecule has 304 valence electrons. The maximum atomic E-state index is 13.6. The first-order valence-electron chi connectivity index (χ1n) is 19.5. The monoisotopic (exact) mass is 835 g/mol. The molecule has 0 amide bonds. The van der Waals surface area contributed by atoms with Gasteiger partial charge in [0.1, 0.15) is 38.8 Å². The lowest BCUT2D eigenvalue weighted by Crippen LogP contribution is -2.30. The number of carbonyl (C=O) groups excluding carboxylic acids is 4. The maximum Gasteiger partial charge on any atom is 0.314 e. The molecule has 0 spiro atoms. The molecular formula is C45H41NO11S2. The van der Waals surface area contributed by atoms with Gasteiger partial charge in [0.2, 0.25) is 0 Å². The van der Waals surface area contributed by atoms with Gasteiger partial charge in [-0.3, -0.25) is 19.2 Å². The first-order valence-corrected chi connectivity index (χ1v) is 20.7. The molecule has 2 fully saturated rings. The number of phenolic OH excluding ortho intramolecular Hbond substituents is 1. The van der Waals surface area contributed by atoms with E-state index in [4.69, 9.17) is 32.5 Å². The van der Waals surface area contributed by atoms with Gasteiger partial charge in [-0.1, -0.05) is 6.07 Å². The summed E-state index contributed by atoms with van der Waals surface area (Å²) in [5, 5.41) is 11.0. The summed E-state index contributed by atoms with van der Waals surface area (Å²) in [6.45, 7) is 4.02. The fourth-order valence-corrected chi connectivity index (χ4v) is 8.92. The minimum atomic E-state index is -0.444. The minimum absolute atomic E-state index is 0.0745. The van der Waals surface area contributed by atoms with Crippen molar-refractivity contribution in [3.8, 4) is 45.3 Å². The van der Waals surface area contributed by atoms with E-state index in [1.165, 1.54) is 35.6 Å². The van der Waals surface area contributed by atoms with Crippen LogP contribution in [0.25, 0.3) is 32.0 Å². The summed E-state index contributed by atoms with van der Waals surface area (Å²) >= 11 is 5.04. The van der Waals surface area contributed by atoms with E-state index in [-0.39, 0.29) is 41.0 Å². The molecule has 2 heterocycles. The summed E-state index contributed by atoms with van der Waals surface area (Å²) in [4.78, 5) is 57.9. The summed E-state index contributed by atoms with van der Waals surface area (Å²) in [5.41, 5.74) is 3.19. The van der Waals surface area contributed by atoms with Crippen LogP contribution >= 0.6 is 24.2 Å². The van der Waals surface area contributed by atoms with Gasteiger partial charge in [0.25, 0.3) is 0 Å². The van der Waals surface area contributed by atoms with E-state index in [0.717, 1.165) is 22.1 Å². The number of ether oxygens (including phenoxy) is 4.